The molecule has 0 unspecified atom stereocenters. The number of carboxylic acids is 1. The van der Waals surface area contributed by atoms with E-state index in [-0.39, 0.29) is 50.1 Å². The summed E-state index contributed by atoms with van der Waals surface area (Å²) in [6.45, 7) is 7.50. The number of carbonyl (C=O) groups is 1. The predicted molar refractivity (Wildman–Crippen MR) is 76.3 cm³/mol. The third kappa shape index (κ3) is 3.14. The standard InChI is InChI=1S/C16H19O6.Y/c1-8-5-10-9(13(17)12(8)14(18)19)6-11(21-10)16(4)7-20-15(2,3)22-16;/h11,17H,6-7H2,1-4H3,(H,18,19);/q-1;/t11-,16-;/m1./s1. The van der Waals surface area contributed by atoms with Crippen molar-refractivity contribution in [1.29, 1.82) is 0 Å². The minimum atomic E-state index is -1.18. The van der Waals surface area contributed by atoms with Crippen molar-refractivity contribution in [3.8, 4) is 11.5 Å². The number of aryl methyl sites for hydroxylation is 1. The van der Waals surface area contributed by atoms with Crippen molar-refractivity contribution in [2.24, 2.45) is 0 Å². The van der Waals surface area contributed by atoms with Gasteiger partial charge in [-0.3, -0.25) is 4.79 Å². The maximum atomic E-state index is 11.3. The van der Waals surface area contributed by atoms with Crippen LogP contribution in [0.5, 0.6) is 11.5 Å². The van der Waals surface area contributed by atoms with E-state index in [1.54, 1.807) is 6.92 Å². The zero-order valence-corrected chi connectivity index (χ0v) is 16.4. The van der Waals surface area contributed by atoms with Gasteiger partial charge in [0.15, 0.2) is 5.79 Å². The van der Waals surface area contributed by atoms with Crippen LogP contribution in [0, 0.1) is 13.0 Å². The summed E-state index contributed by atoms with van der Waals surface area (Å²) in [5.74, 6) is -1.73. The Bertz CT molecular complexity index is 656. The van der Waals surface area contributed by atoms with E-state index in [4.69, 9.17) is 14.2 Å². The fourth-order valence-electron chi connectivity index (χ4n) is 3.10. The zero-order chi connectivity index (χ0) is 16.3. The van der Waals surface area contributed by atoms with E-state index < -0.39 is 17.4 Å². The van der Waals surface area contributed by atoms with Crippen LogP contribution >= 0.6 is 0 Å². The molecule has 1 radical (unpaired) electrons. The fourth-order valence-corrected chi connectivity index (χ4v) is 3.10. The van der Waals surface area contributed by atoms with Gasteiger partial charge in [-0.25, -0.2) is 0 Å². The van der Waals surface area contributed by atoms with Crippen LogP contribution in [-0.4, -0.2) is 40.3 Å². The van der Waals surface area contributed by atoms with Crippen molar-refractivity contribution < 1.29 is 61.9 Å². The molecule has 2 atom stereocenters. The largest absolute Gasteiger partial charge is 0.532 e. The SMILES string of the molecule is Cc1[c-]c2c(c(O)c1C(=O)O)C[C@H]([C@@]1(C)COC(C)(C)O1)O2.[Y]. The Kier molecular flexibility index (Phi) is 4.86. The first kappa shape index (κ1) is 18.6. The smallest absolute Gasteiger partial charge is 0.282 e. The molecule has 0 aromatic heterocycles. The van der Waals surface area contributed by atoms with Crippen LogP contribution in [0.2, 0.25) is 0 Å². The summed E-state index contributed by atoms with van der Waals surface area (Å²) < 4.78 is 17.4. The number of aromatic carboxylic acids is 1. The van der Waals surface area contributed by atoms with Crippen LogP contribution in [0.25, 0.3) is 0 Å². The molecule has 2 aliphatic heterocycles. The van der Waals surface area contributed by atoms with E-state index in [0.717, 1.165) is 0 Å². The third-order valence-corrected chi connectivity index (χ3v) is 4.20. The van der Waals surface area contributed by atoms with Gasteiger partial charge >= 0.3 is 0 Å². The molecule has 0 aliphatic carbocycles. The fraction of sp³-hybridized carbons (Fsp3) is 0.562. The zero-order valence-electron chi connectivity index (χ0n) is 13.6. The minimum Gasteiger partial charge on any atom is -0.532 e. The van der Waals surface area contributed by atoms with Gasteiger partial charge in [0.05, 0.1) is 6.61 Å². The van der Waals surface area contributed by atoms with Gasteiger partial charge in [0.2, 0.25) is 0 Å². The van der Waals surface area contributed by atoms with Crippen molar-refractivity contribution in [3.63, 3.8) is 0 Å². The number of aromatic hydroxyl groups is 1. The average Bonchev–Trinajstić information content (AvgIpc) is 2.91. The summed E-state index contributed by atoms with van der Waals surface area (Å²) in [4.78, 5) is 11.3. The normalized spacial score (nSPS) is 27.9. The molecule has 0 amide bonds. The molecule has 3 rings (SSSR count). The molecule has 0 spiro atoms. The first-order valence-corrected chi connectivity index (χ1v) is 7.15. The predicted octanol–water partition coefficient (Wildman–Crippen LogP) is 2.04. The number of carboxylic acid groups (broad SMARTS) is 1. The molecule has 2 aliphatic rings. The van der Waals surface area contributed by atoms with Crippen LogP contribution in [0.4, 0.5) is 0 Å². The molecule has 0 bridgehead atoms. The summed E-state index contributed by atoms with van der Waals surface area (Å²) in [7, 11) is 0. The number of ether oxygens (including phenoxy) is 3. The second kappa shape index (κ2) is 5.99. The molecule has 1 aromatic carbocycles. The number of hydrogen-bond donors (Lipinski definition) is 2. The van der Waals surface area contributed by atoms with Crippen LogP contribution in [0.1, 0.15) is 42.3 Å². The van der Waals surface area contributed by atoms with Crippen molar-refractivity contribution >= 4 is 5.97 Å². The van der Waals surface area contributed by atoms with Gasteiger partial charge < -0.3 is 24.4 Å². The summed E-state index contributed by atoms with van der Waals surface area (Å²) in [6.07, 6.45) is -0.0105. The molecule has 1 saturated heterocycles. The maximum Gasteiger partial charge on any atom is 0.282 e. The molecular weight excluding hydrogens is 377 g/mol. The molecule has 2 heterocycles. The monoisotopic (exact) mass is 396 g/mol. The topological polar surface area (TPSA) is 85.2 Å². The van der Waals surface area contributed by atoms with E-state index in [0.29, 0.717) is 29.9 Å². The second-order valence-electron chi connectivity index (χ2n) is 6.50. The molecular formula is C16H19O6Y-. The molecule has 0 saturated carbocycles. The number of hydrogen-bond acceptors (Lipinski definition) is 5. The van der Waals surface area contributed by atoms with E-state index >= 15 is 0 Å². The van der Waals surface area contributed by atoms with E-state index in [9.17, 15) is 15.0 Å². The summed E-state index contributed by atoms with van der Waals surface area (Å²) >= 11 is 0. The number of phenols is 1. The Morgan fingerprint density at radius 1 is 1.35 bits per heavy atom. The number of fused-ring (bicyclic) bond motifs is 1. The van der Waals surface area contributed by atoms with E-state index in [2.05, 4.69) is 6.07 Å². The van der Waals surface area contributed by atoms with Gasteiger partial charge in [0, 0.05) is 44.2 Å². The molecule has 23 heavy (non-hydrogen) atoms. The van der Waals surface area contributed by atoms with Crippen LogP contribution in [0.3, 0.4) is 0 Å². The molecule has 7 heteroatoms. The summed E-state index contributed by atoms with van der Waals surface area (Å²) in [5.41, 5.74) is 0.0122. The minimum absolute atomic E-state index is 0. The van der Waals surface area contributed by atoms with Gasteiger partial charge in [0.1, 0.15) is 11.7 Å². The van der Waals surface area contributed by atoms with Crippen molar-refractivity contribution in [1.82, 2.24) is 0 Å². The van der Waals surface area contributed by atoms with Gasteiger partial charge in [-0.2, -0.15) is 0 Å². The first-order valence-electron chi connectivity index (χ1n) is 7.15. The van der Waals surface area contributed by atoms with Crippen molar-refractivity contribution in [3.05, 3.63) is 22.8 Å². The van der Waals surface area contributed by atoms with Crippen LogP contribution in [-0.2, 0) is 48.6 Å². The van der Waals surface area contributed by atoms with Gasteiger partial charge in [-0.1, -0.05) is 12.5 Å². The van der Waals surface area contributed by atoms with Crippen molar-refractivity contribution in [2.75, 3.05) is 6.61 Å². The summed E-state index contributed by atoms with van der Waals surface area (Å²) in [5, 5.41) is 19.5. The van der Waals surface area contributed by atoms with E-state index in [1.807, 2.05) is 20.8 Å². The summed E-state index contributed by atoms with van der Waals surface area (Å²) in [6, 6.07) is 2.91. The van der Waals surface area contributed by atoms with Gasteiger partial charge in [-0.15, -0.1) is 11.6 Å². The van der Waals surface area contributed by atoms with Gasteiger partial charge in [0.25, 0.3) is 5.97 Å². The van der Waals surface area contributed by atoms with Crippen LogP contribution in [0.15, 0.2) is 0 Å². The Labute approximate surface area is 160 Å². The maximum absolute atomic E-state index is 11.3. The number of benzene rings is 1. The second-order valence-corrected chi connectivity index (χ2v) is 6.50. The molecule has 2 N–H and O–H groups in total. The molecule has 1 fully saturated rings. The first-order chi connectivity index (χ1) is 10.1. The quantitative estimate of drug-likeness (QED) is 0.745. The number of rotatable bonds is 2. The third-order valence-electron chi connectivity index (χ3n) is 4.20. The Balaban J connectivity index is 0.00000192. The molecule has 1 aromatic rings. The van der Waals surface area contributed by atoms with Gasteiger partial charge in [-0.05, 0) is 32.8 Å². The van der Waals surface area contributed by atoms with Crippen LogP contribution < -0.4 is 4.74 Å². The Morgan fingerprint density at radius 3 is 2.52 bits per heavy atom. The molecule has 123 valence electrons. The Morgan fingerprint density at radius 2 is 2.00 bits per heavy atom. The van der Waals surface area contributed by atoms with Crippen molar-refractivity contribution in [2.45, 2.75) is 51.6 Å². The Hall–Kier alpha value is -0.686. The molecule has 6 nitrogen and oxygen atoms in total. The average molecular weight is 396 g/mol. The van der Waals surface area contributed by atoms with E-state index in [1.165, 1.54) is 0 Å².